The smallest absolute Gasteiger partial charge is 0.231 e. The molecule has 1 aromatic carbocycles. The van der Waals surface area contributed by atoms with E-state index in [1.54, 1.807) is 0 Å². The van der Waals surface area contributed by atoms with Crippen LogP contribution in [-0.2, 0) is 5.41 Å². The minimum atomic E-state index is -0.305. The molecule has 1 aliphatic heterocycles. The first kappa shape index (κ1) is 9.53. The molecule has 1 fully saturated rings. The highest BCUT2D eigenvalue weighted by molar-refractivity contribution is 5.49. The lowest BCUT2D eigenvalue weighted by Gasteiger charge is -2.42. The first-order valence-corrected chi connectivity index (χ1v) is 5.58. The number of hydrogen-bond acceptors (Lipinski definition) is 3. The van der Waals surface area contributed by atoms with Gasteiger partial charge in [-0.3, -0.25) is 0 Å². The van der Waals surface area contributed by atoms with Gasteiger partial charge in [-0.25, -0.2) is 0 Å². The van der Waals surface area contributed by atoms with Gasteiger partial charge in [0.05, 0.1) is 11.5 Å². The van der Waals surface area contributed by atoms with E-state index in [4.69, 9.17) is 9.47 Å². The molecule has 1 aromatic rings. The summed E-state index contributed by atoms with van der Waals surface area (Å²) in [5.41, 5.74) is 0.763. The zero-order valence-corrected chi connectivity index (χ0v) is 9.19. The second-order valence-electron chi connectivity index (χ2n) is 4.59. The molecule has 3 nitrogen and oxygen atoms in total. The number of ether oxygens (including phenoxy) is 2. The Kier molecular flexibility index (Phi) is 1.88. The Hall–Kier alpha value is -1.69. The largest absolute Gasteiger partial charge is 0.454 e. The summed E-state index contributed by atoms with van der Waals surface area (Å²) >= 11 is 0. The van der Waals surface area contributed by atoms with Crippen LogP contribution in [0.2, 0.25) is 0 Å². The van der Waals surface area contributed by atoms with Crippen LogP contribution in [-0.4, -0.2) is 6.79 Å². The van der Waals surface area contributed by atoms with Gasteiger partial charge in [-0.2, -0.15) is 5.26 Å². The highest BCUT2D eigenvalue weighted by atomic mass is 16.7. The summed E-state index contributed by atoms with van der Waals surface area (Å²) in [5.74, 6) is 1.98. The van der Waals surface area contributed by atoms with Gasteiger partial charge >= 0.3 is 0 Å². The minimum absolute atomic E-state index is 0.286. The van der Waals surface area contributed by atoms with E-state index in [-0.39, 0.29) is 12.2 Å². The van der Waals surface area contributed by atoms with Crippen LogP contribution in [0.1, 0.15) is 25.3 Å². The van der Waals surface area contributed by atoms with Crippen molar-refractivity contribution in [1.29, 1.82) is 5.26 Å². The molecule has 0 N–H and O–H groups in total. The Morgan fingerprint density at radius 1 is 1.38 bits per heavy atom. The molecule has 3 rings (SSSR count). The standard InChI is InChI=1S/C13H13NO2/c1-9-4-5-13(9,7-14)10-2-3-11-12(6-10)16-8-15-11/h2-3,6,9H,4-5,8H2,1H3. The Morgan fingerprint density at radius 3 is 2.81 bits per heavy atom. The summed E-state index contributed by atoms with van der Waals surface area (Å²) in [6.45, 7) is 2.42. The van der Waals surface area contributed by atoms with Gasteiger partial charge < -0.3 is 9.47 Å². The van der Waals surface area contributed by atoms with Crippen LogP contribution in [0.3, 0.4) is 0 Å². The van der Waals surface area contributed by atoms with Crippen LogP contribution in [0.25, 0.3) is 0 Å². The van der Waals surface area contributed by atoms with Crippen molar-refractivity contribution in [3.05, 3.63) is 23.8 Å². The molecule has 0 amide bonds. The van der Waals surface area contributed by atoms with E-state index in [1.165, 1.54) is 0 Å². The van der Waals surface area contributed by atoms with E-state index in [0.29, 0.717) is 5.92 Å². The van der Waals surface area contributed by atoms with Crippen molar-refractivity contribution in [2.45, 2.75) is 25.2 Å². The zero-order chi connectivity index (χ0) is 11.2. The highest BCUT2D eigenvalue weighted by Crippen LogP contribution is 2.49. The average molecular weight is 215 g/mol. The molecule has 1 saturated carbocycles. The van der Waals surface area contributed by atoms with Crippen LogP contribution in [0.4, 0.5) is 0 Å². The van der Waals surface area contributed by atoms with Crippen molar-refractivity contribution in [1.82, 2.24) is 0 Å². The van der Waals surface area contributed by atoms with Crippen molar-refractivity contribution < 1.29 is 9.47 Å². The molecular formula is C13H13NO2. The second kappa shape index (κ2) is 3.15. The Bertz CT molecular complexity index is 477. The second-order valence-corrected chi connectivity index (χ2v) is 4.59. The molecule has 0 saturated heterocycles. The van der Waals surface area contributed by atoms with Gasteiger partial charge in [0, 0.05) is 0 Å². The van der Waals surface area contributed by atoms with Crippen molar-refractivity contribution >= 4 is 0 Å². The van der Waals surface area contributed by atoms with Gasteiger partial charge in [-0.15, -0.1) is 0 Å². The molecule has 16 heavy (non-hydrogen) atoms. The molecule has 1 aliphatic carbocycles. The first-order chi connectivity index (χ1) is 7.76. The predicted octanol–water partition coefficient (Wildman–Crippen LogP) is 2.61. The molecule has 1 heterocycles. The van der Waals surface area contributed by atoms with Crippen LogP contribution in [0.15, 0.2) is 18.2 Å². The fraction of sp³-hybridized carbons (Fsp3) is 0.462. The Balaban J connectivity index is 2.04. The molecular weight excluding hydrogens is 202 g/mol. The summed E-state index contributed by atoms with van der Waals surface area (Å²) in [6.07, 6.45) is 2.08. The lowest BCUT2D eigenvalue weighted by atomic mass is 9.58. The van der Waals surface area contributed by atoms with E-state index in [9.17, 15) is 5.26 Å². The molecule has 0 radical (unpaired) electrons. The maximum Gasteiger partial charge on any atom is 0.231 e. The molecule has 2 unspecified atom stereocenters. The van der Waals surface area contributed by atoms with Crippen molar-refractivity contribution in [3.8, 4) is 17.6 Å². The molecule has 2 aliphatic rings. The van der Waals surface area contributed by atoms with Gasteiger partial charge in [0.25, 0.3) is 0 Å². The summed E-state index contributed by atoms with van der Waals surface area (Å²) in [5, 5.41) is 9.39. The van der Waals surface area contributed by atoms with Crippen molar-refractivity contribution in [3.63, 3.8) is 0 Å². The van der Waals surface area contributed by atoms with Crippen molar-refractivity contribution in [2.24, 2.45) is 5.92 Å². The molecule has 0 spiro atoms. The highest BCUT2D eigenvalue weighted by Gasteiger charge is 2.46. The van der Waals surface area contributed by atoms with Crippen LogP contribution >= 0.6 is 0 Å². The van der Waals surface area contributed by atoms with Gasteiger partial charge in [0.15, 0.2) is 11.5 Å². The normalized spacial score (nSPS) is 30.6. The quantitative estimate of drug-likeness (QED) is 0.723. The summed E-state index contributed by atoms with van der Waals surface area (Å²) < 4.78 is 10.6. The molecule has 0 aromatic heterocycles. The summed E-state index contributed by atoms with van der Waals surface area (Å²) in [4.78, 5) is 0. The van der Waals surface area contributed by atoms with Gasteiger partial charge in [0.2, 0.25) is 6.79 Å². The van der Waals surface area contributed by atoms with E-state index >= 15 is 0 Å². The maximum atomic E-state index is 9.39. The Labute approximate surface area is 94.6 Å². The fourth-order valence-electron chi connectivity index (χ4n) is 2.56. The third-order valence-corrected chi connectivity index (χ3v) is 3.90. The van der Waals surface area contributed by atoms with Crippen LogP contribution in [0, 0.1) is 17.2 Å². The number of benzene rings is 1. The monoisotopic (exact) mass is 215 g/mol. The van der Waals surface area contributed by atoms with E-state index in [0.717, 1.165) is 29.9 Å². The molecule has 2 atom stereocenters. The van der Waals surface area contributed by atoms with E-state index in [1.807, 2.05) is 18.2 Å². The number of nitriles is 1. The molecule has 82 valence electrons. The predicted molar refractivity (Wildman–Crippen MR) is 58.3 cm³/mol. The molecule has 0 bridgehead atoms. The van der Waals surface area contributed by atoms with E-state index < -0.39 is 0 Å². The molecule has 3 heteroatoms. The lowest BCUT2D eigenvalue weighted by Crippen LogP contribution is -2.41. The Morgan fingerprint density at radius 2 is 2.19 bits per heavy atom. The van der Waals surface area contributed by atoms with E-state index in [2.05, 4.69) is 13.0 Å². The third kappa shape index (κ3) is 1.07. The zero-order valence-electron chi connectivity index (χ0n) is 9.19. The lowest BCUT2D eigenvalue weighted by molar-refractivity contribution is 0.173. The number of fused-ring (bicyclic) bond motifs is 1. The minimum Gasteiger partial charge on any atom is -0.454 e. The van der Waals surface area contributed by atoms with Gasteiger partial charge in [0.1, 0.15) is 0 Å². The number of rotatable bonds is 1. The maximum absolute atomic E-state index is 9.39. The van der Waals surface area contributed by atoms with Crippen LogP contribution < -0.4 is 9.47 Å². The third-order valence-electron chi connectivity index (χ3n) is 3.90. The number of hydrogen-bond donors (Lipinski definition) is 0. The number of nitrogens with zero attached hydrogens (tertiary/aromatic N) is 1. The summed E-state index contributed by atoms with van der Waals surface area (Å²) in [7, 11) is 0. The average Bonchev–Trinajstić information content (AvgIpc) is 2.76. The van der Waals surface area contributed by atoms with Crippen molar-refractivity contribution in [2.75, 3.05) is 6.79 Å². The SMILES string of the molecule is CC1CCC1(C#N)c1ccc2c(c1)OCO2. The first-order valence-electron chi connectivity index (χ1n) is 5.58. The topological polar surface area (TPSA) is 42.2 Å². The fourth-order valence-corrected chi connectivity index (χ4v) is 2.56. The van der Waals surface area contributed by atoms with Crippen LogP contribution in [0.5, 0.6) is 11.5 Å². The van der Waals surface area contributed by atoms with Gasteiger partial charge in [-0.1, -0.05) is 13.0 Å². The summed E-state index contributed by atoms with van der Waals surface area (Å²) in [6, 6.07) is 8.33. The van der Waals surface area contributed by atoms with Gasteiger partial charge in [-0.05, 0) is 36.5 Å².